The summed E-state index contributed by atoms with van der Waals surface area (Å²) < 4.78 is 5.96. The lowest BCUT2D eigenvalue weighted by molar-refractivity contribution is -0.385. The molecule has 2 aromatic rings. The van der Waals surface area contributed by atoms with Gasteiger partial charge in [0.1, 0.15) is 6.10 Å². The summed E-state index contributed by atoms with van der Waals surface area (Å²) in [6.45, 7) is 2.87. The second-order valence-electron chi connectivity index (χ2n) is 6.21. The van der Waals surface area contributed by atoms with E-state index in [1.165, 1.54) is 6.07 Å². The Balaban J connectivity index is 1.75. The molecule has 0 N–H and O–H groups in total. The van der Waals surface area contributed by atoms with E-state index in [-0.39, 0.29) is 30.2 Å². The van der Waals surface area contributed by atoms with Crippen LogP contribution in [0.5, 0.6) is 0 Å². The lowest BCUT2D eigenvalue weighted by Crippen LogP contribution is -2.46. The first-order chi connectivity index (χ1) is 12.0. The number of carbonyl (C=O) groups is 1. The molecule has 6 heteroatoms. The van der Waals surface area contributed by atoms with Gasteiger partial charge >= 0.3 is 0 Å². The molecule has 25 heavy (non-hydrogen) atoms. The number of morpholine rings is 1. The molecule has 0 saturated carbocycles. The molecule has 0 aliphatic carbocycles. The number of nitro benzene ring substituents is 1. The fraction of sp³-hybridized carbons (Fsp3) is 0.316. The van der Waals surface area contributed by atoms with E-state index in [0.717, 1.165) is 5.56 Å². The van der Waals surface area contributed by atoms with E-state index in [2.05, 4.69) is 0 Å². The summed E-state index contributed by atoms with van der Waals surface area (Å²) in [6.07, 6.45) is -0.251. The Hall–Kier alpha value is -2.73. The van der Waals surface area contributed by atoms with Crippen LogP contribution in [0.1, 0.15) is 24.2 Å². The van der Waals surface area contributed by atoms with Gasteiger partial charge in [-0.3, -0.25) is 14.9 Å². The Morgan fingerprint density at radius 2 is 1.84 bits per heavy atom. The number of ether oxygens (including phenoxy) is 1. The molecule has 0 aromatic heterocycles. The highest BCUT2D eigenvalue weighted by Gasteiger charge is 2.30. The number of rotatable bonds is 4. The summed E-state index contributed by atoms with van der Waals surface area (Å²) >= 11 is 0. The third-order valence-electron chi connectivity index (χ3n) is 4.31. The monoisotopic (exact) mass is 340 g/mol. The molecular weight excluding hydrogens is 320 g/mol. The SMILES string of the molecule is C[C@H]1CN(C(=O)Cc2ccccc2[N+](=O)[O-])C[C@H](c2ccccc2)O1. The molecule has 1 aliphatic rings. The van der Waals surface area contributed by atoms with Crippen molar-refractivity contribution in [3.05, 3.63) is 75.8 Å². The Kier molecular flexibility index (Phi) is 5.09. The van der Waals surface area contributed by atoms with E-state index in [0.29, 0.717) is 18.7 Å². The van der Waals surface area contributed by atoms with Crippen molar-refractivity contribution >= 4 is 11.6 Å². The van der Waals surface area contributed by atoms with Crippen molar-refractivity contribution in [2.45, 2.75) is 25.6 Å². The van der Waals surface area contributed by atoms with Gasteiger partial charge in [-0.25, -0.2) is 0 Å². The quantitative estimate of drug-likeness (QED) is 0.633. The van der Waals surface area contributed by atoms with E-state index < -0.39 is 4.92 Å². The number of benzene rings is 2. The first kappa shape index (κ1) is 17.1. The van der Waals surface area contributed by atoms with Crippen molar-refractivity contribution in [1.82, 2.24) is 4.90 Å². The van der Waals surface area contributed by atoms with Gasteiger partial charge in [0.15, 0.2) is 0 Å². The molecule has 1 aliphatic heterocycles. The lowest BCUT2D eigenvalue weighted by Gasteiger charge is -2.37. The topological polar surface area (TPSA) is 72.7 Å². The van der Waals surface area contributed by atoms with Crippen LogP contribution in [0.25, 0.3) is 0 Å². The standard InChI is InChI=1S/C19H20N2O4/c1-14-12-20(13-18(25-14)15-7-3-2-4-8-15)19(22)11-16-9-5-6-10-17(16)21(23)24/h2-10,14,18H,11-13H2,1H3/t14-,18+/m0/s1. The summed E-state index contributed by atoms with van der Waals surface area (Å²) in [4.78, 5) is 25.1. The third kappa shape index (κ3) is 4.03. The van der Waals surface area contributed by atoms with Gasteiger partial charge in [0.05, 0.1) is 24.0 Å². The van der Waals surface area contributed by atoms with E-state index in [1.807, 2.05) is 37.3 Å². The van der Waals surface area contributed by atoms with Gasteiger partial charge in [0.25, 0.3) is 5.69 Å². The van der Waals surface area contributed by atoms with Crippen LogP contribution < -0.4 is 0 Å². The maximum Gasteiger partial charge on any atom is 0.273 e. The largest absolute Gasteiger partial charge is 0.367 e. The molecular formula is C19H20N2O4. The molecule has 1 amide bonds. The third-order valence-corrected chi connectivity index (χ3v) is 4.31. The van der Waals surface area contributed by atoms with Gasteiger partial charge in [-0.05, 0) is 12.5 Å². The Morgan fingerprint density at radius 1 is 1.16 bits per heavy atom. The summed E-state index contributed by atoms with van der Waals surface area (Å²) in [5, 5.41) is 11.1. The van der Waals surface area contributed by atoms with Gasteiger partial charge in [-0.2, -0.15) is 0 Å². The molecule has 1 saturated heterocycles. The van der Waals surface area contributed by atoms with Crippen LogP contribution in [-0.4, -0.2) is 34.9 Å². The second kappa shape index (κ2) is 7.44. The second-order valence-corrected chi connectivity index (χ2v) is 6.21. The number of hydrogen-bond acceptors (Lipinski definition) is 4. The predicted octanol–water partition coefficient (Wildman–Crippen LogP) is 3.13. The van der Waals surface area contributed by atoms with Crippen molar-refractivity contribution in [2.24, 2.45) is 0 Å². The zero-order chi connectivity index (χ0) is 17.8. The van der Waals surface area contributed by atoms with Gasteiger partial charge < -0.3 is 9.64 Å². The average Bonchev–Trinajstić information content (AvgIpc) is 2.62. The van der Waals surface area contributed by atoms with Crippen molar-refractivity contribution in [1.29, 1.82) is 0 Å². The van der Waals surface area contributed by atoms with E-state index in [4.69, 9.17) is 4.74 Å². The Labute approximate surface area is 146 Å². The molecule has 130 valence electrons. The van der Waals surface area contributed by atoms with E-state index in [9.17, 15) is 14.9 Å². The highest BCUT2D eigenvalue weighted by Crippen LogP contribution is 2.26. The first-order valence-electron chi connectivity index (χ1n) is 8.25. The average molecular weight is 340 g/mol. The van der Waals surface area contributed by atoms with Crippen molar-refractivity contribution < 1.29 is 14.5 Å². The van der Waals surface area contributed by atoms with Crippen LogP contribution >= 0.6 is 0 Å². The fourth-order valence-corrected chi connectivity index (χ4v) is 3.12. The zero-order valence-electron chi connectivity index (χ0n) is 14.0. The van der Waals surface area contributed by atoms with Gasteiger partial charge in [-0.1, -0.05) is 48.5 Å². The lowest BCUT2D eigenvalue weighted by atomic mass is 10.0. The smallest absolute Gasteiger partial charge is 0.273 e. The minimum absolute atomic E-state index is 0.0169. The zero-order valence-corrected chi connectivity index (χ0v) is 14.0. The molecule has 2 aromatic carbocycles. The maximum absolute atomic E-state index is 12.7. The number of hydrogen-bond donors (Lipinski definition) is 0. The van der Waals surface area contributed by atoms with Gasteiger partial charge in [0, 0.05) is 18.2 Å². The molecule has 1 heterocycles. The Bertz CT molecular complexity index is 763. The van der Waals surface area contributed by atoms with Crippen LogP contribution in [0.3, 0.4) is 0 Å². The molecule has 1 fully saturated rings. The van der Waals surface area contributed by atoms with Gasteiger partial charge in [0.2, 0.25) is 5.91 Å². The predicted molar refractivity (Wildman–Crippen MR) is 93.1 cm³/mol. The molecule has 0 radical (unpaired) electrons. The van der Waals surface area contributed by atoms with Crippen LogP contribution in [-0.2, 0) is 16.0 Å². The van der Waals surface area contributed by atoms with Crippen molar-refractivity contribution in [3.8, 4) is 0 Å². The van der Waals surface area contributed by atoms with Crippen LogP contribution in [0, 0.1) is 10.1 Å². The summed E-state index contributed by atoms with van der Waals surface area (Å²) in [5.41, 5.74) is 1.45. The maximum atomic E-state index is 12.7. The number of carbonyl (C=O) groups excluding carboxylic acids is 1. The van der Waals surface area contributed by atoms with E-state index in [1.54, 1.807) is 23.1 Å². The minimum Gasteiger partial charge on any atom is -0.367 e. The first-order valence-corrected chi connectivity index (χ1v) is 8.25. The van der Waals surface area contributed by atoms with Crippen LogP contribution in [0.2, 0.25) is 0 Å². The summed E-state index contributed by atoms with van der Waals surface area (Å²) in [5.74, 6) is -0.120. The van der Waals surface area contributed by atoms with Crippen molar-refractivity contribution in [2.75, 3.05) is 13.1 Å². The molecule has 3 rings (SSSR count). The van der Waals surface area contributed by atoms with Crippen LogP contribution in [0.15, 0.2) is 54.6 Å². The van der Waals surface area contributed by atoms with Crippen molar-refractivity contribution in [3.63, 3.8) is 0 Å². The van der Waals surface area contributed by atoms with Crippen LogP contribution in [0.4, 0.5) is 5.69 Å². The van der Waals surface area contributed by atoms with E-state index >= 15 is 0 Å². The molecule has 0 unspecified atom stereocenters. The Morgan fingerprint density at radius 3 is 2.56 bits per heavy atom. The number of nitro groups is 1. The molecule has 0 bridgehead atoms. The fourth-order valence-electron chi connectivity index (χ4n) is 3.12. The highest BCUT2D eigenvalue weighted by atomic mass is 16.6. The molecule has 6 nitrogen and oxygen atoms in total. The molecule has 2 atom stereocenters. The highest BCUT2D eigenvalue weighted by molar-refractivity contribution is 5.80. The summed E-state index contributed by atoms with van der Waals surface area (Å²) in [6, 6.07) is 16.2. The minimum atomic E-state index is -0.447. The molecule has 0 spiro atoms. The number of amides is 1. The summed E-state index contributed by atoms with van der Waals surface area (Å²) in [7, 11) is 0. The number of nitrogens with zero attached hydrogens (tertiary/aromatic N) is 2. The van der Waals surface area contributed by atoms with Gasteiger partial charge in [-0.15, -0.1) is 0 Å². The normalized spacial score (nSPS) is 20.3. The number of para-hydroxylation sites is 1.